The fraction of sp³-hybridized carbons (Fsp3) is 0.571. The summed E-state index contributed by atoms with van der Waals surface area (Å²) in [6.07, 6.45) is 2.96. The lowest BCUT2D eigenvalue weighted by atomic mass is 10.2. The third-order valence-electron chi connectivity index (χ3n) is 1.53. The molecule has 0 saturated carbocycles. The number of aryl methyl sites for hydroxylation is 1. The molecular weight excluding hydrogens is 239 g/mol. The Hall–Kier alpha value is -0.0600. The highest BCUT2D eigenvalue weighted by Crippen LogP contribution is 2.23. The van der Waals surface area contributed by atoms with Crippen LogP contribution in [-0.4, -0.2) is 10.2 Å². The molecule has 1 unspecified atom stereocenters. The van der Waals surface area contributed by atoms with Gasteiger partial charge < -0.3 is 0 Å². The number of nitrogens with zero attached hydrogens (tertiary/aromatic N) is 1. The van der Waals surface area contributed by atoms with Gasteiger partial charge in [-0.15, -0.1) is 0 Å². The first-order chi connectivity index (χ1) is 4.75. The minimum absolute atomic E-state index is 0.561. The zero-order chi connectivity index (χ0) is 7.56. The maximum Gasteiger partial charge on any atom is 0.0532 e. The largest absolute Gasteiger partial charge is 0.282 e. The van der Waals surface area contributed by atoms with E-state index in [0.717, 1.165) is 6.42 Å². The first-order valence-corrected chi connectivity index (χ1v) is 4.66. The molecule has 1 rings (SSSR count). The van der Waals surface area contributed by atoms with Crippen LogP contribution in [-0.2, 0) is 6.42 Å². The maximum absolute atomic E-state index is 3.98. The summed E-state index contributed by atoms with van der Waals surface area (Å²) in [7, 11) is 0. The molecule has 0 spiro atoms. The molecule has 3 heteroatoms. The molecule has 1 N–H and O–H groups in total. The molecule has 56 valence electrons. The third-order valence-corrected chi connectivity index (χ3v) is 2.20. The predicted octanol–water partition coefficient (Wildman–Crippen LogP) is 2.47. The number of hydrogen-bond donors (Lipinski definition) is 1. The van der Waals surface area contributed by atoms with Gasteiger partial charge in [0.25, 0.3) is 0 Å². The van der Waals surface area contributed by atoms with Crippen LogP contribution in [0.3, 0.4) is 0 Å². The van der Waals surface area contributed by atoms with Gasteiger partial charge >= 0.3 is 0 Å². The van der Waals surface area contributed by atoms with E-state index in [2.05, 4.69) is 46.6 Å². The average Bonchev–Trinajstić information content (AvgIpc) is 2.33. The summed E-state index contributed by atoms with van der Waals surface area (Å²) in [6, 6.07) is 0. The van der Waals surface area contributed by atoms with Crippen molar-refractivity contribution in [3.05, 3.63) is 17.5 Å². The summed E-state index contributed by atoms with van der Waals surface area (Å²) >= 11 is 2.39. The van der Waals surface area contributed by atoms with E-state index in [0.29, 0.717) is 3.92 Å². The van der Waals surface area contributed by atoms with Crippen molar-refractivity contribution in [1.82, 2.24) is 10.2 Å². The number of H-pyrrole nitrogens is 1. The van der Waals surface area contributed by atoms with Gasteiger partial charge in [0.05, 0.1) is 6.20 Å². The van der Waals surface area contributed by atoms with E-state index in [-0.39, 0.29) is 0 Å². The van der Waals surface area contributed by atoms with Crippen LogP contribution in [0.15, 0.2) is 6.20 Å². The molecule has 0 aliphatic carbocycles. The smallest absolute Gasteiger partial charge is 0.0532 e. The van der Waals surface area contributed by atoms with Crippen LogP contribution in [0.2, 0.25) is 0 Å². The molecule has 10 heavy (non-hydrogen) atoms. The van der Waals surface area contributed by atoms with Crippen molar-refractivity contribution in [3.8, 4) is 0 Å². The van der Waals surface area contributed by atoms with Gasteiger partial charge in [-0.3, -0.25) is 5.10 Å². The second-order valence-corrected chi connectivity index (χ2v) is 4.14. The second kappa shape index (κ2) is 3.37. The van der Waals surface area contributed by atoms with Gasteiger partial charge in [0, 0.05) is 15.2 Å². The standard InChI is InChI=1S/C7H11IN2/c1-3-7-6(5(2)8)4-9-10-7/h4-5H,3H2,1-2H3,(H,9,10). The van der Waals surface area contributed by atoms with E-state index in [4.69, 9.17) is 0 Å². The van der Waals surface area contributed by atoms with Crippen LogP contribution < -0.4 is 0 Å². The molecule has 2 nitrogen and oxygen atoms in total. The maximum atomic E-state index is 3.98. The van der Waals surface area contributed by atoms with Crippen molar-refractivity contribution in [2.45, 2.75) is 24.2 Å². The van der Waals surface area contributed by atoms with Gasteiger partial charge in [-0.05, 0) is 13.3 Å². The quantitative estimate of drug-likeness (QED) is 0.633. The summed E-state index contributed by atoms with van der Waals surface area (Å²) in [5, 5.41) is 6.97. The van der Waals surface area contributed by atoms with E-state index in [1.54, 1.807) is 0 Å². The predicted molar refractivity (Wildman–Crippen MR) is 50.4 cm³/mol. The number of nitrogens with one attached hydrogen (secondary N) is 1. The van der Waals surface area contributed by atoms with Crippen molar-refractivity contribution in [3.63, 3.8) is 0 Å². The molecule has 0 aliphatic heterocycles. The van der Waals surface area contributed by atoms with E-state index in [1.165, 1.54) is 11.3 Å². The number of hydrogen-bond acceptors (Lipinski definition) is 1. The first kappa shape index (κ1) is 8.04. The average molecular weight is 250 g/mol. The van der Waals surface area contributed by atoms with E-state index >= 15 is 0 Å². The Morgan fingerprint density at radius 2 is 2.50 bits per heavy atom. The number of aromatic amines is 1. The monoisotopic (exact) mass is 250 g/mol. The van der Waals surface area contributed by atoms with Crippen molar-refractivity contribution in [2.75, 3.05) is 0 Å². The van der Waals surface area contributed by atoms with Crippen molar-refractivity contribution in [2.24, 2.45) is 0 Å². The van der Waals surface area contributed by atoms with Gasteiger partial charge in [-0.25, -0.2) is 0 Å². The SMILES string of the molecule is CCc1[nH]ncc1C(C)I. The van der Waals surface area contributed by atoms with Crippen molar-refractivity contribution >= 4 is 22.6 Å². The van der Waals surface area contributed by atoms with Crippen LogP contribution in [0.25, 0.3) is 0 Å². The molecule has 0 saturated heterocycles. The summed E-state index contributed by atoms with van der Waals surface area (Å²) < 4.78 is 0.561. The molecule has 0 amide bonds. The van der Waals surface area contributed by atoms with Gasteiger partial charge in [0.2, 0.25) is 0 Å². The van der Waals surface area contributed by atoms with Crippen LogP contribution >= 0.6 is 22.6 Å². The van der Waals surface area contributed by atoms with Crippen molar-refractivity contribution < 1.29 is 0 Å². The molecule has 0 aromatic carbocycles. The molecule has 1 aromatic rings. The lowest BCUT2D eigenvalue weighted by Gasteiger charge is -2.00. The highest BCUT2D eigenvalue weighted by atomic mass is 127. The summed E-state index contributed by atoms with van der Waals surface area (Å²) in [4.78, 5) is 0. The van der Waals surface area contributed by atoms with Gasteiger partial charge in [0.1, 0.15) is 0 Å². The normalized spacial score (nSPS) is 13.5. The molecule has 0 radical (unpaired) electrons. The Bertz CT molecular complexity index is 205. The minimum Gasteiger partial charge on any atom is -0.282 e. The van der Waals surface area contributed by atoms with Gasteiger partial charge in [-0.1, -0.05) is 29.5 Å². The van der Waals surface area contributed by atoms with E-state index in [1.807, 2.05) is 6.20 Å². The lowest BCUT2D eigenvalue weighted by Crippen LogP contribution is -1.88. The van der Waals surface area contributed by atoms with Crippen LogP contribution in [0.4, 0.5) is 0 Å². The fourth-order valence-corrected chi connectivity index (χ4v) is 1.48. The highest BCUT2D eigenvalue weighted by molar-refractivity contribution is 14.1. The Kier molecular flexibility index (Phi) is 2.71. The van der Waals surface area contributed by atoms with Crippen LogP contribution in [0, 0.1) is 0 Å². The molecule has 0 bridgehead atoms. The zero-order valence-electron chi connectivity index (χ0n) is 6.19. The van der Waals surface area contributed by atoms with Crippen molar-refractivity contribution in [1.29, 1.82) is 0 Å². The van der Waals surface area contributed by atoms with E-state index < -0.39 is 0 Å². The molecule has 0 fully saturated rings. The highest BCUT2D eigenvalue weighted by Gasteiger charge is 2.06. The second-order valence-electron chi connectivity index (χ2n) is 2.27. The number of aromatic nitrogens is 2. The first-order valence-electron chi connectivity index (χ1n) is 3.42. The summed E-state index contributed by atoms with van der Waals surface area (Å²) in [5.41, 5.74) is 2.60. The topological polar surface area (TPSA) is 28.7 Å². The van der Waals surface area contributed by atoms with Crippen LogP contribution in [0.5, 0.6) is 0 Å². The van der Waals surface area contributed by atoms with Gasteiger partial charge in [0.15, 0.2) is 0 Å². The molecule has 0 aliphatic rings. The molecule has 1 aromatic heterocycles. The van der Waals surface area contributed by atoms with E-state index in [9.17, 15) is 0 Å². The third kappa shape index (κ3) is 1.51. The zero-order valence-corrected chi connectivity index (χ0v) is 8.34. The Morgan fingerprint density at radius 1 is 1.80 bits per heavy atom. The fourth-order valence-electron chi connectivity index (χ4n) is 0.948. The Labute approximate surface area is 74.6 Å². The Morgan fingerprint density at radius 3 is 2.90 bits per heavy atom. The molecule has 1 heterocycles. The summed E-state index contributed by atoms with van der Waals surface area (Å²) in [5.74, 6) is 0. The van der Waals surface area contributed by atoms with Gasteiger partial charge in [-0.2, -0.15) is 5.10 Å². The number of alkyl halides is 1. The number of halogens is 1. The minimum atomic E-state index is 0.561. The van der Waals surface area contributed by atoms with Crippen LogP contribution in [0.1, 0.15) is 29.0 Å². The molecular formula is C7H11IN2. The molecule has 1 atom stereocenters. The summed E-state index contributed by atoms with van der Waals surface area (Å²) in [6.45, 7) is 4.31. The lowest BCUT2D eigenvalue weighted by molar-refractivity contribution is 0.957. The number of rotatable bonds is 2. The Balaban J connectivity index is 2.90.